The maximum atomic E-state index is 12.9. The van der Waals surface area contributed by atoms with Crippen molar-refractivity contribution in [1.82, 2.24) is 15.1 Å². The lowest BCUT2D eigenvalue weighted by atomic mass is 10.1. The summed E-state index contributed by atoms with van der Waals surface area (Å²) in [6.07, 6.45) is 0. The predicted molar refractivity (Wildman–Crippen MR) is 154 cm³/mol. The summed E-state index contributed by atoms with van der Waals surface area (Å²) in [6, 6.07) is 21.0. The number of nitrogens with one attached hydrogen (secondary N) is 1. The summed E-state index contributed by atoms with van der Waals surface area (Å²) >= 11 is 4.49. The normalized spacial score (nSPS) is 13.2. The van der Waals surface area contributed by atoms with Crippen LogP contribution >= 0.6 is 27.7 Å². The van der Waals surface area contributed by atoms with Crippen LogP contribution in [0.5, 0.6) is 0 Å². The summed E-state index contributed by atoms with van der Waals surface area (Å²) in [5.41, 5.74) is 2.39. The Bertz CT molecular complexity index is 1540. The number of carbonyl (C=O) groups is 2. The van der Waals surface area contributed by atoms with Gasteiger partial charge in [0.05, 0.1) is 16.2 Å². The number of thioether (sulfide) groups is 1. The van der Waals surface area contributed by atoms with Crippen LogP contribution < -0.4 is 10.2 Å². The second-order valence-electron chi connectivity index (χ2n) is 8.79. The quantitative estimate of drug-likeness (QED) is 0.162. The molecule has 0 atom stereocenters. The zero-order valence-electron chi connectivity index (χ0n) is 21.0. The Morgan fingerprint density at radius 1 is 0.975 bits per heavy atom. The molecule has 3 aromatic carbocycles. The standard InChI is InChI=1S/C27H23BrN6O5S/c28-22-7-3-1-5-20(22)26(36)33-15-13-32(14-16-33)19-11-9-18(10-12-19)29-24(35)17-40-27-31-30-25(39-27)21-6-2-4-8-23(21)34(37)38/h1-12H,13-17H2,(H,29,35). The molecule has 1 aliphatic heterocycles. The van der Waals surface area contributed by atoms with Gasteiger partial charge in [0.15, 0.2) is 0 Å². The third kappa shape index (κ3) is 6.32. The third-order valence-corrected chi connectivity index (χ3v) is 7.76. The molecule has 0 aliphatic carbocycles. The molecule has 0 radical (unpaired) electrons. The van der Waals surface area contributed by atoms with E-state index in [2.05, 4.69) is 36.3 Å². The summed E-state index contributed by atoms with van der Waals surface area (Å²) < 4.78 is 6.31. The predicted octanol–water partition coefficient (Wildman–Crippen LogP) is 5.10. The molecule has 5 rings (SSSR count). The molecule has 0 spiro atoms. The second kappa shape index (κ2) is 12.3. The fraction of sp³-hybridized carbons (Fsp3) is 0.185. The van der Waals surface area contributed by atoms with Crippen molar-refractivity contribution >= 4 is 56.6 Å². The van der Waals surface area contributed by atoms with Gasteiger partial charge in [0.25, 0.3) is 22.7 Å². The molecule has 40 heavy (non-hydrogen) atoms. The Kier molecular flexibility index (Phi) is 8.41. The minimum absolute atomic E-state index is 0.0150. The maximum absolute atomic E-state index is 12.9. The highest BCUT2D eigenvalue weighted by Gasteiger charge is 2.24. The van der Waals surface area contributed by atoms with Crippen LogP contribution in [0.2, 0.25) is 0 Å². The van der Waals surface area contributed by atoms with Gasteiger partial charge in [0.1, 0.15) is 5.56 Å². The van der Waals surface area contributed by atoms with E-state index in [0.29, 0.717) is 37.4 Å². The molecular formula is C27H23BrN6O5S. The summed E-state index contributed by atoms with van der Waals surface area (Å²) in [4.78, 5) is 40.1. The van der Waals surface area contributed by atoms with Crippen molar-refractivity contribution in [2.75, 3.05) is 42.1 Å². The number of para-hydroxylation sites is 1. The van der Waals surface area contributed by atoms with Gasteiger partial charge in [0.2, 0.25) is 5.91 Å². The summed E-state index contributed by atoms with van der Waals surface area (Å²) in [5, 5.41) is 22.0. The zero-order chi connectivity index (χ0) is 28.1. The molecule has 1 aliphatic rings. The highest BCUT2D eigenvalue weighted by Crippen LogP contribution is 2.30. The van der Waals surface area contributed by atoms with Crippen molar-refractivity contribution in [3.8, 4) is 11.5 Å². The Hall–Kier alpha value is -4.23. The minimum atomic E-state index is -0.517. The number of amides is 2. The van der Waals surface area contributed by atoms with Gasteiger partial charge < -0.3 is 19.5 Å². The van der Waals surface area contributed by atoms with Crippen molar-refractivity contribution < 1.29 is 18.9 Å². The fourth-order valence-electron chi connectivity index (χ4n) is 4.24. The van der Waals surface area contributed by atoms with Crippen LogP contribution in [-0.2, 0) is 4.79 Å². The fourth-order valence-corrected chi connectivity index (χ4v) is 5.26. The minimum Gasteiger partial charge on any atom is -0.411 e. The Balaban J connectivity index is 1.11. The number of anilines is 2. The molecule has 204 valence electrons. The van der Waals surface area contributed by atoms with Crippen molar-refractivity contribution in [2.45, 2.75) is 5.22 Å². The van der Waals surface area contributed by atoms with E-state index >= 15 is 0 Å². The molecule has 0 saturated carbocycles. The molecule has 13 heteroatoms. The van der Waals surface area contributed by atoms with Crippen LogP contribution in [0.15, 0.2) is 86.9 Å². The third-order valence-electron chi connectivity index (χ3n) is 6.25. The van der Waals surface area contributed by atoms with Gasteiger partial charge in [-0.2, -0.15) is 0 Å². The average molecular weight is 623 g/mol. The highest BCUT2D eigenvalue weighted by atomic mass is 79.9. The van der Waals surface area contributed by atoms with E-state index in [9.17, 15) is 19.7 Å². The number of nitrogens with zero attached hydrogens (tertiary/aromatic N) is 5. The van der Waals surface area contributed by atoms with E-state index < -0.39 is 4.92 Å². The number of nitro groups is 1. The van der Waals surface area contributed by atoms with Gasteiger partial charge in [-0.3, -0.25) is 19.7 Å². The first-order valence-electron chi connectivity index (χ1n) is 12.3. The number of nitro benzene ring substituents is 1. The van der Waals surface area contributed by atoms with E-state index in [0.717, 1.165) is 21.9 Å². The van der Waals surface area contributed by atoms with Crippen molar-refractivity contribution in [1.29, 1.82) is 0 Å². The van der Waals surface area contributed by atoms with Gasteiger partial charge in [-0.1, -0.05) is 36.0 Å². The van der Waals surface area contributed by atoms with E-state index in [1.54, 1.807) is 12.1 Å². The Morgan fingerprint density at radius 2 is 1.68 bits per heavy atom. The van der Waals surface area contributed by atoms with Crippen molar-refractivity contribution in [3.63, 3.8) is 0 Å². The number of benzene rings is 3. The number of halogens is 1. The van der Waals surface area contributed by atoms with Crippen LogP contribution in [-0.4, -0.2) is 63.8 Å². The monoisotopic (exact) mass is 622 g/mol. The van der Waals surface area contributed by atoms with Gasteiger partial charge in [0, 0.05) is 48.1 Å². The number of carbonyl (C=O) groups excluding carboxylic acids is 2. The van der Waals surface area contributed by atoms with Crippen LogP contribution in [0.4, 0.5) is 17.1 Å². The maximum Gasteiger partial charge on any atom is 0.282 e. The lowest BCUT2D eigenvalue weighted by molar-refractivity contribution is -0.384. The first-order valence-corrected chi connectivity index (χ1v) is 14.1. The molecule has 1 saturated heterocycles. The molecule has 11 nitrogen and oxygen atoms in total. The van der Waals surface area contributed by atoms with Gasteiger partial charge in [-0.25, -0.2) is 0 Å². The van der Waals surface area contributed by atoms with Crippen molar-refractivity contribution in [2.24, 2.45) is 0 Å². The SMILES string of the molecule is O=C(CSc1nnc(-c2ccccc2[N+](=O)[O-])o1)Nc1ccc(N2CCN(C(=O)c3ccccc3Br)CC2)cc1. The van der Waals surface area contributed by atoms with E-state index in [-0.39, 0.29) is 39.9 Å². The van der Waals surface area contributed by atoms with Crippen molar-refractivity contribution in [3.05, 3.63) is 92.9 Å². The summed E-state index contributed by atoms with van der Waals surface area (Å²) in [5.74, 6) is -0.208. The molecule has 2 amide bonds. The van der Waals surface area contributed by atoms with Gasteiger partial charge in [-0.15, -0.1) is 10.2 Å². The number of aromatic nitrogens is 2. The van der Waals surface area contributed by atoms with E-state index in [1.807, 2.05) is 53.4 Å². The topological polar surface area (TPSA) is 135 Å². The van der Waals surface area contributed by atoms with Gasteiger partial charge in [-0.05, 0) is 58.4 Å². The Morgan fingerprint density at radius 3 is 2.40 bits per heavy atom. The van der Waals surface area contributed by atoms with Crippen LogP contribution in [0.1, 0.15) is 10.4 Å². The highest BCUT2D eigenvalue weighted by molar-refractivity contribution is 9.10. The molecular weight excluding hydrogens is 600 g/mol. The molecule has 2 heterocycles. The van der Waals surface area contributed by atoms with E-state index in [1.165, 1.54) is 12.1 Å². The Labute approximate surface area is 241 Å². The molecule has 1 N–H and O–H groups in total. The second-order valence-corrected chi connectivity index (χ2v) is 10.6. The number of rotatable bonds is 8. The number of hydrogen-bond donors (Lipinski definition) is 1. The first-order chi connectivity index (χ1) is 19.4. The van der Waals surface area contributed by atoms with Gasteiger partial charge >= 0.3 is 0 Å². The molecule has 4 aromatic rings. The smallest absolute Gasteiger partial charge is 0.282 e. The molecule has 1 fully saturated rings. The summed E-state index contributed by atoms with van der Waals surface area (Å²) in [7, 11) is 0. The number of hydrogen-bond acceptors (Lipinski definition) is 9. The lowest BCUT2D eigenvalue weighted by Gasteiger charge is -2.36. The lowest BCUT2D eigenvalue weighted by Crippen LogP contribution is -2.48. The van der Waals surface area contributed by atoms with Crippen LogP contribution in [0.3, 0.4) is 0 Å². The number of piperazine rings is 1. The summed E-state index contributed by atoms with van der Waals surface area (Å²) in [6.45, 7) is 2.64. The van der Waals surface area contributed by atoms with Crippen LogP contribution in [0, 0.1) is 10.1 Å². The molecule has 1 aromatic heterocycles. The molecule has 0 unspecified atom stereocenters. The first kappa shape index (κ1) is 27.3. The van der Waals surface area contributed by atoms with Crippen LogP contribution in [0.25, 0.3) is 11.5 Å². The zero-order valence-corrected chi connectivity index (χ0v) is 23.4. The largest absolute Gasteiger partial charge is 0.411 e. The molecule has 0 bridgehead atoms. The average Bonchev–Trinajstić information content (AvgIpc) is 3.45. The van der Waals surface area contributed by atoms with E-state index in [4.69, 9.17) is 4.42 Å².